The summed E-state index contributed by atoms with van der Waals surface area (Å²) >= 11 is 0.996. The van der Waals surface area contributed by atoms with E-state index in [1.165, 1.54) is 0 Å². The van der Waals surface area contributed by atoms with Crippen molar-refractivity contribution in [3.63, 3.8) is 0 Å². The number of nitrogen functional groups attached to an aromatic ring is 1. The molecule has 0 saturated heterocycles. The average Bonchev–Trinajstić information content (AvgIpc) is 2.82. The number of nitrogens with two attached hydrogens (primary N) is 1. The third-order valence-electron chi connectivity index (χ3n) is 3.18. The minimum atomic E-state index is -3.47. The third kappa shape index (κ3) is 3.85. The molecule has 9 heteroatoms. The lowest BCUT2D eigenvalue weighted by Gasteiger charge is -2.23. The van der Waals surface area contributed by atoms with Crippen LogP contribution in [0, 0.1) is 0 Å². The van der Waals surface area contributed by atoms with Gasteiger partial charge in [-0.3, -0.25) is 4.79 Å². The monoisotopic (exact) mass is 334 g/mol. The van der Waals surface area contributed by atoms with E-state index in [1.54, 1.807) is 23.8 Å². The maximum Gasteiger partial charge on any atom is 0.242 e. The summed E-state index contributed by atoms with van der Waals surface area (Å²) in [6, 6.07) is 0. The molecule has 0 unspecified atom stereocenters. The summed E-state index contributed by atoms with van der Waals surface area (Å²) in [6.45, 7) is 6.69. The van der Waals surface area contributed by atoms with Gasteiger partial charge in [0.15, 0.2) is 15.7 Å². The molecule has 1 aromatic heterocycles. The number of carbonyl (C=O) groups is 1. The van der Waals surface area contributed by atoms with Crippen molar-refractivity contribution in [1.82, 2.24) is 9.27 Å². The van der Waals surface area contributed by atoms with E-state index in [-0.39, 0.29) is 28.9 Å². The van der Waals surface area contributed by atoms with Gasteiger partial charge in [-0.25, -0.2) is 8.42 Å². The van der Waals surface area contributed by atoms with Gasteiger partial charge >= 0.3 is 0 Å². The quantitative estimate of drug-likeness (QED) is 0.793. The Hall–Kier alpha value is -1.35. The van der Waals surface area contributed by atoms with Gasteiger partial charge < -0.3 is 15.5 Å². The molecule has 1 amide bonds. The molecule has 0 bridgehead atoms. The van der Waals surface area contributed by atoms with E-state index >= 15 is 0 Å². The van der Waals surface area contributed by atoms with Crippen LogP contribution in [0.1, 0.15) is 20.8 Å². The normalized spacial score (nSPS) is 11.4. The SMILES string of the molecule is CCN(CC)C(=O)CN(C)c1snc(N)c1S(=O)(=O)CC. The van der Waals surface area contributed by atoms with E-state index in [1.807, 2.05) is 13.8 Å². The Labute approximate surface area is 129 Å². The number of sulfone groups is 1. The van der Waals surface area contributed by atoms with Crippen LogP contribution < -0.4 is 10.6 Å². The number of carbonyl (C=O) groups excluding carboxylic acids is 1. The molecule has 0 spiro atoms. The molecule has 1 heterocycles. The zero-order valence-electron chi connectivity index (χ0n) is 12.8. The van der Waals surface area contributed by atoms with Crippen LogP contribution in [0.2, 0.25) is 0 Å². The number of hydrogen-bond acceptors (Lipinski definition) is 7. The highest BCUT2D eigenvalue weighted by atomic mass is 32.2. The number of anilines is 2. The van der Waals surface area contributed by atoms with E-state index in [2.05, 4.69) is 4.37 Å². The van der Waals surface area contributed by atoms with Crippen molar-refractivity contribution >= 4 is 38.1 Å². The molecule has 0 aromatic carbocycles. The first-order chi connectivity index (χ1) is 9.78. The Morgan fingerprint density at radius 1 is 1.29 bits per heavy atom. The molecule has 21 heavy (non-hydrogen) atoms. The summed E-state index contributed by atoms with van der Waals surface area (Å²) in [5, 5.41) is 0.412. The van der Waals surface area contributed by atoms with Crippen molar-refractivity contribution in [2.75, 3.05) is 43.1 Å². The van der Waals surface area contributed by atoms with Gasteiger partial charge in [0.1, 0.15) is 9.90 Å². The van der Waals surface area contributed by atoms with Crippen molar-refractivity contribution < 1.29 is 13.2 Å². The van der Waals surface area contributed by atoms with Crippen LogP contribution in [-0.4, -0.2) is 56.0 Å². The van der Waals surface area contributed by atoms with Crippen LogP contribution in [0.4, 0.5) is 10.8 Å². The fourth-order valence-corrected chi connectivity index (χ4v) is 4.21. The van der Waals surface area contributed by atoms with Gasteiger partial charge in [-0.05, 0) is 25.4 Å². The van der Waals surface area contributed by atoms with Gasteiger partial charge in [-0.1, -0.05) is 6.92 Å². The van der Waals surface area contributed by atoms with Gasteiger partial charge in [0.05, 0.1) is 12.3 Å². The highest BCUT2D eigenvalue weighted by molar-refractivity contribution is 7.91. The molecule has 0 aliphatic rings. The Morgan fingerprint density at radius 2 is 1.86 bits per heavy atom. The first-order valence-corrected chi connectivity index (χ1v) is 9.17. The van der Waals surface area contributed by atoms with Crippen molar-refractivity contribution in [3.8, 4) is 0 Å². The van der Waals surface area contributed by atoms with Crippen molar-refractivity contribution in [2.45, 2.75) is 25.7 Å². The molecule has 0 saturated carbocycles. The van der Waals surface area contributed by atoms with Gasteiger partial charge in [0, 0.05) is 20.1 Å². The third-order valence-corrected chi connectivity index (χ3v) is 6.07. The van der Waals surface area contributed by atoms with E-state index < -0.39 is 9.84 Å². The van der Waals surface area contributed by atoms with Gasteiger partial charge in [-0.2, -0.15) is 4.37 Å². The molecule has 0 atom stereocenters. The van der Waals surface area contributed by atoms with Gasteiger partial charge in [0.25, 0.3) is 0 Å². The smallest absolute Gasteiger partial charge is 0.242 e. The first kappa shape index (κ1) is 17.7. The van der Waals surface area contributed by atoms with Crippen LogP contribution in [-0.2, 0) is 14.6 Å². The van der Waals surface area contributed by atoms with Crippen LogP contribution in [0.15, 0.2) is 4.90 Å². The highest BCUT2D eigenvalue weighted by Crippen LogP contribution is 2.34. The van der Waals surface area contributed by atoms with E-state index in [0.29, 0.717) is 18.1 Å². The largest absolute Gasteiger partial charge is 0.382 e. The standard InChI is InChI=1S/C12H22N4O3S2/c1-5-16(6-2)9(17)8-15(4)12-10(11(13)14-20-12)21(18,19)7-3/h5-8H2,1-4H3,(H2,13,14). The second-order valence-corrected chi connectivity index (χ2v) is 7.49. The van der Waals surface area contributed by atoms with Crippen LogP contribution in [0.5, 0.6) is 0 Å². The topological polar surface area (TPSA) is 96.6 Å². The van der Waals surface area contributed by atoms with Crippen LogP contribution in [0.25, 0.3) is 0 Å². The number of hydrogen-bond donors (Lipinski definition) is 1. The second-order valence-electron chi connectivity index (χ2n) is 4.53. The zero-order valence-corrected chi connectivity index (χ0v) is 14.4. The number of amides is 1. The van der Waals surface area contributed by atoms with Gasteiger partial charge in [0.2, 0.25) is 5.91 Å². The van der Waals surface area contributed by atoms with Crippen molar-refractivity contribution in [2.24, 2.45) is 0 Å². The molecule has 2 N–H and O–H groups in total. The molecule has 120 valence electrons. The van der Waals surface area contributed by atoms with E-state index in [4.69, 9.17) is 5.73 Å². The molecular formula is C12H22N4O3S2. The number of aromatic nitrogens is 1. The minimum Gasteiger partial charge on any atom is -0.382 e. The minimum absolute atomic E-state index is 0.000937. The Morgan fingerprint density at radius 3 is 2.33 bits per heavy atom. The fraction of sp³-hybridized carbons (Fsp3) is 0.667. The molecule has 0 aliphatic carbocycles. The molecule has 1 rings (SSSR count). The Bertz CT molecular complexity index is 594. The summed E-state index contributed by atoms with van der Waals surface area (Å²) in [4.78, 5) is 15.4. The summed E-state index contributed by atoms with van der Waals surface area (Å²) in [5.41, 5.74) is 5.68. The summed E-state index contributed by atoms with van der Waals surface area (Å²) in [6.07, 6.45) is 0. The molecule has 0 fully saturated rings. The predicted molar refractivity (Wildman–Crippen MR) is 85.5 cm³/mol. The van der Waals surface area contributed by atoms with Crippen molar-refractivity contribution in [3.05, 3.63) is 0 Å². The van der Waals surface area contributed by atoms with E-state index in [0.717, 1.165) is 11.5 Å². The summed E-state index contributed by atoms with van der Waals surface area (Å²) in [5.74, 6) is -0.117. The number of likely N-dealkylation sites (N-methyl/N-ethyl adjacent to an activating group) is 2. The van der Waals surface area contributed by atoms with E-state index in [9.17, 15) is 13.2 Å². The molecule has 0 radical (unpaired) electrons. The maximum atomic E-state index is 12.1. The number of rotatable bonds is 7. The zero-order chi connectivity index (χ0) is 16.2. The lowest BCUT2D eigenvalue weighted by atomic mass is 10.4. The Kier molecular flexibility index (Phi) is 5.97. The predicted octanol–water partition coefficient (Wildman–Crippen LogP) is 0.824. The summed E-state index contributed by atoms with van der Waals surface area (Å²) < 4.78 is 28.1. The van der Waals surface area contributed by atoms with Crippen LogP contribution in [0.3, 0.4) is 0 Å². The van der Waals surface area contributed by atoms with Crippen LogP contribution >= 0.6 is 11.5 Å². The second kappa shape index (κ2) is 7.08. The molecular weight excluding hydrogens is 312 g/mol. The first-order valence-electron chi connectivity index (χ1n) is 6.75. The molecule has 7 nitrogen and oxygen atoms in total. The van der Waals surface area contributed by atoms with Gasteiger partial charge in [-0.15, -0.1) is 0 Å². The fourth-order valence-electron chi connectivity index (χ4n) is 1.92. The summed E-state index contributed by atoms with van der Waals surface area (Å²) in [7, 11) is -1.80. The number of nitrogens with zero attached hydrogens (tertiary/aromatic N) is 3. The lowest BCUT2D eigenvalue weighted by molar-refractivity contribution is -0.129. The van der Waals surface area contributed by atoms with Crippen molar-refractivity contribution in [1.29, 1.82) is 0 Å². The Balaban J connectivity index is 3.05. The molecule has 1 aromatic rings. The maximum absolute atomic E-state index is 12.1. The lowest BCUT2D eigenvalue weighted by Crippen LogP contribution is -2.38. The molecule has 0 aliphatic heterocycles. The average molecular weight is 334 g/mol. The highest BCUT2D eigenvalue weighted by Gasteiger charge is 2.27.